The van der Waals surface area contributed by atoms with Gasteiger partial charge < -0.3 is 9.26 Å². The zero-order valence-corrected chi connectivity index (χ0v) is 13.7. The molecular formula is C20H18N2O2. The van der Waals surface area contributed by atoms with Gasteiger partial charge in [-0.3, -0.25) is 4.98 Å². The number of hydrogen-bond donors (Lipinski definition) is 0. The summed E-state index contributed by atoms with van der Waals surface area (Å²) < 4.78 is 11.4. The van der Waals surface area contributed by atoms with Gasteiger partial charge in [-0.15, -0.1) is 0 Å². The number of rotatable bonds is 4. The van der Waals surface area contributed by atoms with E-state index in [0.717, 1.165) is 32.9 Å². The lowest BCUT2D eigenvalue weighted by Crippen LogP contribution is -2.04. The molecule has 0 N–H and O–H groups in total. The lowest BCUT2D eigenvalue weighted by molar-refractivity contribution is 0.248. The maximum atomic E-state index is 5.78. The molecule has 120 valence electrons. The Labute approximate surface area is 140 Å². The quantitative estimate of drug-likeness (QED) is 0.526. The minimum Gasteiger partial charge on any atom is -0.475 e. The Hall–Kier alpha value is -2.88. The van der Waals surface area contributed by atoms with Crippen molar-refractivity contribution in [1.82, 2.24) is 10.1 Å². The van der Waals surface area contributed by atoms with Crippen LogP contribution >= 0.6 is 0 Å². The number of ether oxygens (including phenoxy) is 1. The fourth-order valence-electron chi connectivity index (χ4n) is 2.83. The molecule has 2 heterocycles. The first kappa shape index (κ1) is 14.7. The number of fused-ring (bicyclic) bond motifs is 2. The van der Waals surface area contributed by atoms with Crippen LogP contribution in [0.1, 0.15) is 13.8 Å². The van der Waals surface area contributed by atoms with Gasteiger partial charge in [0.1, 0.15) is 0 Å². The maximum Gasteiger partial charge on any atom is 0.262 e. The lowest BCUT2D eigenvalue weighted by Gasteiger charge is -2.07. The molecule has 0 saturated heterocycles. The molecule has 0 fully saturated rings. The van der Waals surface area contributed by atoms with E-state index in [4.69, 9.17) is 9.26 Å². The van der Waals surface area contributed by atoms with Gasteiger partial charge in [0.05, 0.1) is 12.0 Å². The molecule has 2 aromatic carbocycles. The van der Waals surface area contributed by atoms with Gasteiger partial charge in [-0.1, -0.05) is 50.2 Å². The number of benzene rings is 2. The molecule has 0 aliphatic rings. The highest BCUT2D eigenvalue weighted by Gasteiger charge is 2.16. The lowest BCUT2D eigenvalue weighted by atomic mass is 9.99. The van der Waals surface area contributed by atoms with Crippen molar-refractivity contribution >= 4 is 21.7 Å². The molecule has 4 heteroatoms. The summed E-state index contributed by atoms with van der Waals surface area (Å²) in [6.07, 6.45) is 3.74. The Kier molecular flexibility index (Phi) is 3.65. The second-order valence-corrected chi connectivity index (χ2v) is 6.28. The van der Waals surface area contributed by atoms with Crippen LogP contribution in [0.4, 0.5) is 0 Å². The first-order chi connectivity index (χ1) is 11.7. The van der Waals surface area contributed by atoms with Crippen LogP contribution < -0.4 is 4.74 Å². The number of para-hydroxylation sites is 1. The van der Waals surface area contributed by atoms with Gasteiger partial charge in [0, 0.05) is 28.9 Å². The molecule has 0 atom stereocenters. The van der Waals surface area contributed by atoms with Gasteiger partial charge in [-0.2, -0.15) is 0 Å². The molecule has 0 aliphatic heterocycles. The van der Waals surface area contributed by atoms with Crippen LogP contribution in [0.2, 0.25) is 0 Å². The molecule has 0 unspecified atom stereocenters. The standard InChI is InChI=1S/C20H18N2O2/c1-13(2)12-23-20-17-9-5-8-16(19(17)24-22-20)18-11-21-10-14-6-3-4-7-15(14)18/h3-11,13H,12H2,1-2H3. The van der Waals surface area contributed by atoms with Crippen molar-refractivity contribution in [2.45, 2.75) is 13.8 Å². The zero-order chi connectivity index (χ0) is 16.5. The van der Waals surface area contributed by atoms with Gasteiger partial charge in [0.2, 0.25) is 0 Å². The van der Waals surface area contributed by atoms with Crippen molar-refractivity contribution in [1.29, 1.82) is 0 Å². The molecular weight excluding hydrogens is 300 g/mol. The predicted octanol–water partition coefficient (Wildman–Crippen LogP) is 5.08. The minimum atomic E-state index is 0.433. The Morgan fingerprint density at radius 3 is 2.67 bits per heavy atom. The molecule has 4 rings (SSSR count). The SMILES string of the molecule is CC(C)COc1noc2c(-c3cncc4ccccc34)cccc12. The van der Waals surface area contributed by atoms with E-state index in [1.54, 1.807) is 0 Å². The average molecular weight is 318 g/mol. The van der Waals surface area contributed by atoms with E-state index in [1.165, 1.54) is 0 Å². The maximum absolute atomic E-state index is 5.78. The third kappa shape index (κ3) is 2.50. The molecule has 0 saturated carbocycles. The highest BCUT2D eigenvalue weighted by atomic mass is 16.5. The van der Waals surface area contributed by atoms with E-state index in [0.29, 0.717) is 18.4 Å². The highest BCUT2D eigenvalue weighted by molar-refractivity contribution is 6.03. The average Bonchev–Trinajstić information content (AvgIpc) is 3.03. The Bertz CT molecular complexity index is 1000. The molecule has 0 aliphatic carbocycles. The zero-order valence-electron chi connectivity index (χ0n) is 13.7. The van der Waals surface area contributed by atoms with E-state index < -0.39 is 0 Å². The van der Waals surface area contributed by atoms with Crippen LogP contribution in [-0.4, -0.2) is 16.7 Å². The summed E-state index contributed by atoms with van der Waals surface area (Å²) in [6, 6.07) is 14.2. The van der Waals surface area contributed by atoms with Crippen LogP contribution in [0.25, 0.3) is 32.9 Å². The van der Waals surface area contributed by atoms with Crippen molar-refractivity contribution in [2.75, 3.05) is 6.61 Å². The van der Waals surface area contributed by atoms with Gasteiger partial charge in [0.15, 0.2) is 5.58 Å². The van der Waals surface area contributed by atoms with Crippen LogP contribution in [0.15, 0.2) is 59.4 Å². The summed E-state index contributed by atoms with van der Waals surface area (Å²) in [4.78, 5) is 4.37. The van der Waals surface area contributed by atoms with Crippen LogP contribution in [0.5, 0.6) is 5.88 Å². The number of pyridine rings is 1. The number of aromatic nitrogens is 2. The first-order valence-corrected chi connectivity index (χ1v) is 8.08. The normalized spacial score (nSPS) is 11.5. The predicted molar refractivity (Wildman–Crippen MR) is 95.1 cm³/mol. The third-order valence-electron chi connectivity index (χ3n) is 3.98. The molecule has 0 amide bonds. The van der Waals surface area contributed by atoms with Crippen molar-refractivity contribution in [3.8, 4) is 17.0 Å². The van der Waals surface area contributed by atoms with E-state index in [9.17, 15) is 0 Å². The molecule has 0 bridgehead atoms. The molecule has 24 heavy (non-hydrogen) atoms. The second-order valence-electron chi connectivity index (χ2n) is 6.28. The second kappa shape index (κ2) is 5.96. The Morgan fingerprint density at radius 1 is 0.958 bits per heavy atom. The van der Waals surface area contributed by atoms with E-state index in [2.05, 4.69) is 36.1 Å². The van der Waals surface area contributed by atoms with E-state index in [1.807, 2.05) is 42.7 Å². The van der Waals surface area contributed by atoms with E-state index >= 15 is 0 Å². The Balaban J connectivity index is 1.88. The van der Waals surface area contributed by atoms with Crippen molar-refractivity contribution in [3.05, 3.63) is 54.9 Å². The summed E-state index contributed by atoms with van der Waals surface area (Å²) >= 11 is 0. The van der Waals surface area contributed by atoms with Gasteiger partial charge in [0.25, 0.3) is 5.88 Å². The van der Waals surface area contributed by atoms with Gasteiger partial charge in [-0.25, -0.2) is 0 Å². The van der Waals surface area contributed by atoms with Crippen molar-refractivity contribution < 1.29 is 9.26 Å². The van der Waals surface area contributed by atoms with Crippen molar-refractivity contribution in [2.24, 2.45) is 5.92 Å². The number of nitrogens with zero attached hydrogens (tertiary/aromatic N) is 2. The summed E-state index contributed by atoms with van der Waals surface area (Å²) in [5.74, 6) is 0.982. The minimum absolute atomic E-state index is 0.433. The fraction of sp³-hybridized carbons (Fsp3) is 0.200. The molecule has 0 radical (unpaired) electrons. The summed E-state index contributed by atoms with van der Waals surface area (Å²) in [7, 11) is 0. The molecule has 4 nitrogen and oxygen atoms in total. The molecule has 4 aromatic rings. The van der Waals surface area contributed by atoms with Crippen LogP contribution in [0, 0.1) is 5.92 Å². The Morgan fingerprint density at radius 2 is 1.79 bits per heavy atom. The van der Waals surface area contributed by atoms with Gasteiger partial charge >= 0.3 is 0 Å². The van der Waals surface area contributed by atoms with E-state index in [-0.39, 0.29) is 0 Å². The first-order valence-electron chi connectivity index (χ1n) is 8.08. The summed E-state index contributed by atoms with van der Waals surface area (Å²) in [6.45, 7) is 4.83. The van der Waals surface area contributed by atoms with Crippen LogP contribution in [-0.2, 0) is 0 Å². The van der Waals surface area contributed by atoms with Crippen LogP contribution in [0.3, 0.4) is 0 Å². The smallest absolute Gasteiger partial charge is 0.262 e. The third-order valence-corrected chi connectivity index (χ3v) is 3.98. The summed E-state index contributed by atoms with van der Waals surface area (Å²) in [5.41, 5.74) is 2.74. The number of hydrogen-bond acceptors (Lipinski definition) is 4. The summed E-state index contributed by atoms with van der Waals surface area (Å²) in [5, 5.41) is 7.25. The molecule has 0 spiro atoms. The van der Waals surface area contributed by atoms with Crippen molar-refractivity contribution in [3.63, 3.8) is 0 Å². The fourth-order valence-corrected chi connectivity index (χ4v) is 2.83. The van der Waals surface area contributed by atoms with Gasteiger partial charge in [-0.05, 0) is 22.5 Å². The largest absolute Gasteiger partial charge is 0.475 e. The highest BCUT2D eigenvalue weighted by Crippen LogP contribution is 2.36. The topological polar surface area (TPSA) is 48.2 Å². The monoisotopic (exact) mass is 318 g/mol. The molecule has 2 aromatic heterocycles.